The van der Waals surface area contributed by atoms with Gasteiger partial charge >= 0.3 is 248 Å². The van der Waals surface area contributed by atoms with E-state index in [-0.39, 0.29) is 0 Å². The zero-order valence-corrected chi connectivity index (χ0v) is 63.0. The molecule has 43 heteroatoms. The van der Waals surface area contributed by atoms with Crippen molar-refractivity contribution in [3.05, 3.63) is 0 Å². The van der Waals surface area contributed by atoms with Gasteiger partial charge in [0.25, 0.3) is 0 Å². The summed E-state index contributed by atoms with van der Waals surface area (Å²) in [7, 11) is 0. The fourth-order valence-electron chi connectivity index (χ4n) is 5.52. The summed E-state index contributed by atoms with van der Waals surface area (Å²) in [6.45, 7) is 10.2. The second-order valence-corrected chi connectivity index (χ2v) is 32.5. The van der Waals surface area contributed by atoms with Gasteiger partial charge in [0.05, 0.1) is 19.6 Å². The predicted molar refractivity (Wildman–Crippen MR) is 204 cm³/mol. The van der Waals surface area contributed by atoms with Gasteiger partial charge in [-0.05, 0) is 38.5 Å². The van der Waals surface area contributed by atoms with Gasteiger partial charge in [-0.2, -0.15) is 0 Å². The molecule has 0 aromatic carbocycles. The van der Waals surface area contributed by atoms with Crippen LogP contribution in [0.5, 0.6) is 0 Å². The molecule has 0 aliphatic heterocycles. The summed E-state index contributed by atoms with van der Waals surface area (Å²) in [5.74, 6) is 0. The van der Waals surface area contributed by atoms with E-state index in [4.69, 9.17) is 115 Å². The molecule has 35 nitrogen and oxygen atoms in total. The SMILES string of the molecule is CCCCCCCCCCCCC[NH3+].CCCCCCCCCCCCC[NH3+].CCCCCCCCCCCCC[NH3+].[O]=[Mo](=[O])([O-])[O-].[O]=[Mo](=[O])([O-])[O-].[O]=[Mo](=[O])([O-])[O-].[O]=[Mo](=[O])([O-])[O-].[O]=[Mo](=[O])([O-])[O-].[O]=[Mo](=[O])([O-])[O-].[O]=[Mo](=[O])([O-])[O-].[O]=[Mo](=[O])([O-])[O-]. The Bertz CT molecular complexity index is 1670. The molecule has 0 aliphatic rings. The van der Waals surface area contributed by atoms with Gasteiger partial charge in [-0.3, -0.25) is 0 Å². The average molecular weight is 1880 g/mol. The molecular weight excluding hydrogens is 1790 g/mol. The van der Waals surface area contributed by atoms with E-state index in [1.165, 1.54) is 212 Å². The quantitative estimate of drug-likeness (QED) is 0.0406. The van der Waals surface area contributed by atoms with Crippen LogP contribution in [0.1, 0.15) is 233 Å². The Morgan fingerprint density at radius 3 is 0.293 bits per heavy atom. The van der Waals surface area contributed by atoms with Gasteiger partial charge in [0.2, 0.25) is 0 Å². The molecule has 514 valence electrons. The van der Waals surface area contributed by atoms with Crippen LogP contribution in [0, 0.1) is 0 Å². The van der Waals surface area contributed by atoms with E-state index in [2.05, 4.69) is 38.0 Å². The number of hydrogen-bond donors (Lipinski definition) is 3. The van der Waals surface area contributed by atoms with Gasteiger partial charge in [-0.25, -0.2) is 0 Å². The van der Waals surface area contributed by atoms with E-state index in [0.717, 1.165) is 19.6 Å². The first kappa shape index (κ1) is 108. The Kier molecular flexibility index (Phi) is 98.9. The van der Waals surface area contributed by atoms with E-state index in [1.54, 1.807) is 0 Å². The molecule has 0 rings (SSSR count). The van der Waals surface area contributed by atoms with E-state index < -0.39 is 134 Å². The number of quaternary nitrogens is 3. The van der Waals surface area contributed by atoms with Crippen LogP contribution in [0.25, 0.3) is 0 Å². The minimum absolute atomic E-state index is 1.12. The van der Waals surface area contributed by atoms with Crippen molar-refractivity contribution >= 4 is 0 Å². The van der Waals surface area contributed by atoms with Crippen molar-refractivity contribution < 1.29 is 266 Å². The molecule has 0 heterocycles. The van der Waals surface area contributed by atoms with Crippen LogP contribution < -0.4 is 77.4 Å². The summed E-state index contributed by atoms with van der Waals surface area (Å²) in [6, 6.07) is 0. The topological polar surface area (TPSA) is 725 Å². The maximum atomic E-state index is 8.63. The Morgan fingerprint density at radius 2 is 0.232 bits per heavy atom. The molecule has 0 aromatic heterocycles. The Balaban J connectivity index is -0.0000000780. The molecule has 0 aromatic rings. The number of rotatable bonds is 33. The number of hydrogen-bond acceptors (Lipinski definition) is 32. The van der Waals surface area contributed by atoms with Gasteiger partial charge in [-0.1, -0.05) is 194 Å². The van der Waals surface area contributed by atoms with Gasteiger partial charge in [0, 0.05) is 0 Å². The van der Waals surface area contributed by atoms with E-state index in [9.17, 15) is 0 Å². The summed E-state index contributed by atoms with van der Waals surface area (Å²) in [4.78, 5) is 0. The van der Waals surface area contributed by atoms with Gasteiger partial charge in [0.1, 0.15) is 0 Å². The first-order valence-electron chi connectivity index (χ1n) is 25.5. The molecule has 82 heavy (non-hydrogen) atoms. The van der Waals surface area contributed by atoms with Gasteiger partial charge in [0.15, 0.2) is 0 Å². The van der Waals surface area contributed by atoms with Crippen LogP contribution in [-0.4, -0.2) is 19.6 Å². The van der Waals surface area contributed by atoms with Crippen LogP contribution in [0.4, 0.5) is 0 Å². The zero-order valence-electron chi connectivity index (χ0n) is 46.9. The van der Waals surface area contributed by atoms with Crippen molar-refractivity contribution in [2.24, 2.45) is 0 Å². The molecule has 0 fully saturated rings. The molecule has 0 radical (unpaired) electrons. The van der Waals surface area contributed by atoms with Crippen molar-refractivity contribution in [3.8, 4) is 0 Å². The van der Waals surface area contributed by atoms with E-state index >= 15 is 0 Å². The third-order valence-corrected chi connectivity index (χ3v) is 8.56. The van der Waals surface area contributed by atoms with E-state index in [0.29, 0.717) is 0 Å². The van der Waals surface area contributed by atoms with Crippen LogP contribution >= 0.6 is 0 Å². The van der Waals surface area contributed by atoms with Crippen LogP contribution in [-0.2, 0) is 188 Å². The molecule has 9 N–H and O–H groups in total. The van der Waals surface area contributed by atoms with Crippen molar-refractivity contribution in [2.45, 2.75) is 233 Å². The molecule has 0 saturated carbocycles. The monoisotopic (exact) mass is 1900 g/mol. The maximum absolute atomic E-state index is 8.63. The molecule has 0 atom stereocenters. The Labute approximate surface area is 512 Å². The molecule has 0 aliphatic carbocycles. The molecular formula is C39H90Mo8N3O32-13. The second-order valence-electron chi connectivity index (χ2n) is 16.4. The molecule has 0 spiro atoms. The van der Waals surface area contributed by atoms with Crippen molar-refractivity contribution in [3.63, 3.8) is 0 Å². The van der Waals surface area contributed by atoms with Crippen LogP contribution in [0.15, 0.2) is 0 Å². The summed E-state index contributed by atoms with van der Waals surface area (Å²) in [5.41, 5.74) is 11.6. The van der Waals surface area contributed by atoms with Crippen molar-refractivity contribution in [1.82, 2.24) is 0 Å². The Morgan fingerprint density at radius 1 is 0.171 bits per heavy atom. The van der Waals surface area contributed by atoms with Crippen molar-refractivity contribution in [2.75, 3.05) is 19.6 Å². The molecule has 0 unspecified atom stereocenters. The average Bonchev–Trinajstić information content (AvgIpc) is 3.22. The van der Waals surface area contributed by atoms with Gasteiger partial charge < -0.3 is 17.2 Å². The van der Waals surface area contributed by atoms with E-state index in [1.807, 2.05) is 0 Å². The fraction of sp³-hybridized carbons (Fsp3) is 1.00. The second kappa shape index (κ2) is 75.0. The predicted octanol–water partition coefficient (Wildman–Crippen LogP) is -10.3. The molecule has 0 saturated heterocycles. The third kappa shape index (κ3) is 443. The fourth-order valence-corrected chi connectivity index (χ4v) is 5.52. The van der Waals surface area contributed by atoms with Crippen LogP contribution in [0.3, 0.4) is 0 Å². The summed E-state index contributed by atoms with van der Waals surface area (Å²) in [5, 5.41) is 0. The normalized spacial score (nSPS) is 11.1. The molecule has 0 bridgehead atoms. The molecule has 0 amide bonds. The summed E-state index contributed by atoms with van der Waals surface area (Å²) >= 11 is -48.2. The van der Waals surface area contributed by atoms with Crippen molar-refractivity contribution in [1.29, 1.82) is 0 Å². The first-order valence-corrected chi connectivity index (χ1v) is 51.7. The standard InChI is InChI=1S/3C13H29N.8Mo.32O/c3*1-2-3-4-5-6-7-8-9-10-11-12-13-14;;;;;;;;;;;;;;;;;;;;;;;;;;;;;;;;;;;;;;;;/h3*2-14H2,1H3;;;;;;;;;;;;;;;;;;;;;;;;;;;;;;;;;;;;;;;;/q;;;;;;;;;;;;;;;;;;;;;;;;;;;16*-1/p+3. The first-order chi connectivity index (χ1) is 36.7. The summed E-state index contributed by atoms with van der Waals surface area (Å²) in [6.07, 6.45) is 47.2. The third-order valence-electron chi connectivity index (χ3n) is 8.56. The Hall–Kier alpha value is 1.55. The summed E-state index contributed by atoms with van der Waals surface area (Å²) < 4.78 is 276. The zero-order chi connectivity index (χ0) is 67.5. The number of unbranched alkanes of at least 4 members (excludes halogenated alkanes) is 30. The van der Waals surface area contributed by atoms with Gasteiger partial charge in [-0.15, -0.1) is 0 Å². The van der Waals surface area contributed by atoms with Crippen LogP contribution in [0.2, 0.25) is 0 Å². The minimum atomic E-state index is -6.02.